The Hall–Kier alpha value is -1.80. The second-order valence-electron chi connectivity index (χ2n) is 5.70. The van der Waals surface area contributed by atoms with Crippen LogP contribution in [0.3, 0.4) is 0 Å². The lowest BCUT2D eigenvalue weighted by Gasteiger charge is -2.22. The summed E-state index contributed by atoms with van der Waals surface area (Å²) in [6, 6.07) is 4.14. The number of carboxylic acids is 1. The molecule has 1 aromatic carbocycles. The van der Waals surface area contributed by atoms with Crippen molar-refractivity contribution >= 4 is 5.97 Å². The van der Waals surface area contributed by atoms with Crippen molar-refractivity contribution in [2.75, 3.05) is 13.2 Å². The van der Waals surface area contributed by atoms with Crippen molar-refractivity contribution in [3.05, 3.63) is 29.6 Å². The number of alkyl halides is 2. The Labute approximate surface area is 132 Å². The second kappa shape index (κ2) is 7.65. The van der Waals surface area contributed by atoms with Crippen molar-refractivity contribution in [2.24, 2.45) is 0 Å². The summed E-state index contributed by atoms with van der Waals surface area (Å²) in [6.45, 7) is 4.51. The van der Waals surface area contributed by atoms with Crippen LogP contribution >= 0.6 is 0 Å². The number of aliphatic carboxylic acids is 1. The van der Waals surface area contributed by atoms with Gasteiger partial charge in [-0.2, -0.15) is 8.78 Å². The molecule has 23 heavy (non-hydrogen) atoms. The van der Waals surface area contributed by atoms with Gasteiger partial charge in [0.1, 0.15) is 5.60 Å². The standard InChI is InChI=1S/C15H19F3O5/c1-14(2,3)23-12-8-10(4-5-11(12)16)9-21-6-7-22-15(17,18)13(19)20/h4-5,8H,6-7,9H2,1-3H3,(H,19,20). The quantitative estimate of drug-likeness (QED) is 0.739. The summed E-state index contributed by atoms with van der Waals surface area (Å²) in [7, 11) is 0. The van der Waals surface area contributed by atoms with Crippen LogP contribution in [0.5, 0.6) is 5.75 Å². The topological polar surface area (TPSA) is 65.0 Å². The van der Waals surface area contributed by atoms with Gasteiger partial charge in [-0.3, -0.25) is 0 Å². The Balaban J connectivity index is 2.47. The SMILES string of the molecule is CC(C)(C)Oc1cc(COCCOC(F)(F)C(=O)O)ccc1F. The molecule has 0 unspecified atom stereocenters. The highest BCUT2D eigenvalue weighted by Gasteiger charge is 2.40. The Morgan fingerprint density at radius 3 is 2.43 bits per heavy atom. The zero-order valence-electron chi connectivity index (χ0n) is 13.1. The fourth-order valence-electron chi connectivity index (χ4n) is 1.53. The zero-order chi connectivity index (χ0) is 17.7. The summed E-state index contributed by atoms with van der Waals surface area (Å²) in [5.74, 6) is -2.82. The summed E-state index contributed by atoms with van der Waals surface area (Å²) in [5.41, 5.74) is 0.00646. The third-order valence-electron chi connectivity index (χ3n) is 2.44. The van der Waals surface area contributed by atoms with E-state index in [0.717, 1.165) is 0 Å². The average Bonchev–Trinajstić information content (AvgIpc) is 2.40. The molecule has 0 amide bonds. The van der Waals surface area contributed by atoms with Gasteiger partial charge in [-0.25, -0.2) is 9.18 Å². The van der Waals surface area contributed by atoms with Crippen molar-refractivity contribution in [1.29, 1.82) is 0 Å². The molecule has 0 bridgehead atoms. The van der Waals surface area contributed by atoms with Crippen LogP contribution in [-0.4, -0.2) is 36.0 Å². The van der Waals surface area contributed by atoms with E-state index in [0.29, 0.717) is 5.56 Å². The molecule has 130 valence electrons. The Kier molecular flexibility index (Phi) is 6.40. The lowest BCUT2D eigenvalue weighted by atomic mass is 10.1. The van der Waals surface area contributed by atoms with Crippen molar-refractivity contribution in [1.82, 2.24) is 0 Å². The minimum Gasteiger partial charge on any atom is -0.485 e. The first-order valence-electron chi connectivity index (χ1n) is 6.81. The van der Waals surface area contributed by atoms with E-state index >= 15 is 0 Å². The van der Waals surface area contributed by atoms with E-state index in [1.807, 2.05) is 0 Å². The molecular weight excluding hydrogens is 317 g/mol. The molecule has 1 aromatic rings. The first-order valence-corrected chi connectivity index (χ1v) is 6.81. The smallest absolute Gasteiger partial charge is 0.456 e. The van der Waals surface area contributed by atoms with E-state index in [-0.39, 0.29) is 19.0 Å². The largest absolute Gasteiger partial charge is 0.485 e. The monoisotopic (exact) mass is 336 g/mol. The van der Waals surface area contributed by atoms with Gasteiger partial charge in [0.2, 0.25) is 0 Å². The van der Waals surface area contributed by atoms with Gasteiger partial charge in [0.25, 0.3) is 0 Å². The lowest BCUT2D eigenvalue weighted by molar-refractivity contribution is -0.248. The molecule has 0 saturated heterocycles. The van der Waals surface area contributed by atoms with Gasteiger partial charge in [-0.15, -0.1) is 0 Å². The summed E-state index contributed by atoms with van der Waals surface area (Å²) in [6.07, 6.45) is -4.24. The summed E-state index contributed by atoms with van der Waals surface area (Å²) >= 11 is 0. The van der Waals surface area contributed by atoms with E-state index in [9.17, 15) is 18.0 Å². The number of hydrogen-bond donors (Lipinski definition) is 1. The third-order valence-corrected chi connectivity index (χ3v) is 2.44. The third kappa shape index (κ3) is 6.87. The first kappa shape index (κ1) is 19.2. The predicted molar refractivity (Wildman–Crippen MR) is 75.0 cm³/mol. The minimum atomic E-state index is -4.24. The number of ether oxygens (including phenoxy) is 3. The molecule has 0 spiro atoms. The van der Waals surface area contributed by atoms with Gasteiger partial charge in [-0.05, 0) is 38.5 Å². The maximum Gasteiger partial charge on any atom is 0.456 e. The highest BCUT2D eigenvalue weighted by atomic mass is 19.3. The van der Waals surface area contributed by atoms with E-state index in [1.54, 1.807) is 20.8 Å². The molecule has 1 N–H and O–H groups in total. The van der Waals surface area contributed by atoms with Crippen molar-refractivity contribution in [3.8, 4) is 5.75 Å². The molecule has 8 heteroatoms. The van der Waals surface area contributed by atoms with Crippen molar-refractivity contribution < 1.29 is 37.3 Å². The van der Waals surface area contributed by atoms with Gasteiger partial charge in [0, 0.05) is 0 Å². The molecule has 0 radical (unpaired) electrons. The maximum absolute atomic E-state index is 13.6. The molecule has 0 saturated carbocycles. The van der Waals surface area contributed by atoms with Crippen LogP contribution < -0.4 is 4.74 Å². The Bertz CT molecular complexity index is 540. The molecule has 1 rings (SSSR count). The maximum atomic E-state index is 13.6. The number of rotatable bonds is 8. The van der Waals surface area contributed by atoms with Crippen LogP contribution in [-0.2, 0) is 20.9 Å². The zero-order valence-corrected chi connectivity index (χ0v) is 13.1. The highest BCUT2D eigenvalue weighted by Crippen LogP contribution is 2.24. The highest BCUT2D eigenvalue weighted by molar-refractivity contribution is 5.73. The van der Waals surface area contributed by atoms with E-state index in [4.69, 9.17) is 14.6 Å². The van der Waals surface area contributed by atoms with Crippen LogP contribution in [0.15, 0.2) is 18.2 Å². The van der Waals surface area contributed by atoms with E-state index in [1.165, 1.54) is 18.2 Å². The summed E-state index contributed by atoms with van der Waals surface area (Å²) in [4.78, 5) is 10.1. The summed E-state index contributed by atoms with van der Waals surface area (Å²) < 4.78 is 53.3. The van der Waals surface area contributed by atoms with Crippen LogP contribution in [0.1, 0.15) is 26.3 Å². The Morgan fingerprint density at radius 1 is 1.22 bits per heavy atom. The van der Waals surface area contributed by atoms with Crippen molar-refractivity contribution in [2.45, 2.75) is 39.1 Å². The molecule has 0 aliphatic heterocycles. The van der Waals surface area contributed by atoms with E-state index in [2.05, 4.69) is 4.74 Å². The molecule has 5 nitrogen and oxygen atoms in total. The molecule has 0 atom stereocenters. The second-order valence-corrected chi connectivity index (χ2v) is 5.70. The molecule has 0 heterocycles. The summed E-state index contributed by atoms with van der Waals surface area (Å²) in [5, 5.41) is 8.16. The predicted octanol–water partition coefficient (Wildman–Crippen LogP) is 3.21. The molecule has 0 aliphatic rings. The molecule has 0 fully saturated rings. The normalized spacial score (nSPS) is 12.3. The average molecular weight is 336 g/mol. The number of halogens is 3. The van der Waals surface area contributed by atoms with E-state index < -0.39 is 30.1 Å². The fraction of sp³-hybridized carbons (Fsp3) is 0.533. The van der Waals surface area contributed by atoms with Gasteiger partial charge >= 0.3 is 12.1 Å². The molecule has 0 aromatic heterocycles. The van der Waals surface area contributed by atoms with Crippen LogP contribution in [0.4, 0.5) is 13.2 Å². The minimum absolute atomic E-state index is 0.0167. The number of benzene rings is 1. The van der Waals surface area contributed by atoms with Crippen molar-refractivity contribution in [3.63, 3.8) is 0 Å². The molecular formula is C15H19F3O5. The lowest BCUT2D eigenvalue weighted by Crippen LogP contribution is -2.32. The van der Waals surface area contributed by atoms with Crippen LogP contribution in [0.2, 0.25) is 0 Å². The van der Waals surface area contributed by atoms with Gasteiger partial charge in [0.15, 0.2) is 11.6 Å². The number of hydrogen-bond acceptors (Lipinski definition) is 4. The van der Waals surface area contributed by atoms with Crippen LogP contribution in [0.25, 0.3) is 0 Å². The molecule has 0 aliphatic carbocycles. The van der Waals surface area contributed by atoms with Gasteiger partial charge < -0.3 is 19.3 Å². The number of carboxylic acid groups (broad SMARTS) is 1. The Morgan fingerprint density at radius 2 is 1.87 bits per heavy atom. The number of carbonyl (C=O) groups is 1. The van der Waals surface area contributed by atoms with Gasteiger partial charge in [0.05, 0.1) is 19.8 Å². The van der Waals surface area contributed by atoms with Gasteiger partial charge in [-0.1, -0.05) is 6.07 Å². The fourth-order valence-corrected chi connectivity index (χ4v) is 1.53. The van der Waals surface area contributed by atoms with Crippen LogP contribution in [0, 0.1) is 5.82 Å². The first-order chi connectivity index (χ1) is 10.5.